The Morgan fingerprint density at radius 3 is 1.71 bits per heavy atom. The molecule has 3 nitrogen and oxygen atoms in total. The van der Waals surface area contributed by atoms with Gasteiger partial charge in [0.05, 0.1) is 5.69 Å². The molecule has 0 saturated heterocycles. The lowest BCUT2D eigenvalue weighted by molar-refractivity contribution is -0.141. The standard InChI is InChI=1S/C5H3F6N3/c6-4(7,8)2-1(12)3(14-13-2)5(9,10)11/h12H2,(H,13,14). The second-order valence-electron chi connectivity index (χ2n) is 2.36. The average Bonchev–Trinajstić information content (AvgIpc) is 2.26. The third-order valence-corrected chi connectivity index (χ3v) is 1.36. The monoisotopic (exact) mass is 219 g/mol. The highest BCUT2D eigenvalue weighted by atomic mass is 19.4. The predicted octanol–water partition coefficient (Wildman–Crippen LogP) is 2.03. The van der Waals surface area contributed by atoms with Crippen LogP contribution in [-0.4, -0.2) is 10.2 Å². The molecule has 0 fully saturated rings. The number of alkyl halides is 6. The normalized spacial score (nSPS) is 13.3. The quantitative estimate of drug-likeness (QED) is 0.656. The number of hydrogen-bond donors (Lipinski definition) is 2. The van der Waals surface area contributed by atoms with Gasteiger partial charge in [-0.1, -0.05) is 0 Å². The minimum atomic E-state index is -5.00. The number of nitrogen functional groups attached to an aromatic ring is 1. The molecule has 0 saturated carbocycles. The van der Waals surface area contributed by atoms with Crippen molar-refractivity contribution in [2.45, 2.75) is 12.4 Å². The lowest BCUT2D eigenvalue weighted by atomic mass is 10.3. The number of halogens is 6. The molecule has 1 aromatic heterocycles. The summed E-state index contributed by atoms with van der Waals surface area (Å²) in [5.74, 6) is 0. The lowest BCUT2D eigenvalue weighted by Crippen LogP contribution is -2.12. The fraction of sp³-hybridized carbons (Fsp3) is 0.400. The van der Waals surface area contributed by atoms with Crippen LogP contribution in [0.15, 0.2) is 0 Å². The molecule has 0 aromatic carbocycles. The van der Waals surface area contributed by atoms with Crippen LogP contribution in [0.4, 0.5) is 32.0 Å². The van der Waals surface area contributed by atoms with Gasteiger partial charge in [0.15, 0.2) is 11.4 Å². The summed E-state index contributed by atoms with van der Waals surface area (Å²) in [6, 6.07) is 0. The van der Waals surface area contributed by atoms with E-state index in [0.717, 1.165) is 0 Å². The lowest BCUT2D eigenvalue weighted by Gasteiger charge is -2.05. The maximum atomic E-state index is 11.9. The van der Waals surface area contributed by atoms with Gasteiger partial charge in [0.1, 0.15) is 0 Å². The van der Waals surface area contributed by atoms with Crippen molar-refractivity contribution in [1.29, 1.82) is 0 Å². The summed E-state index contributed by atoms with van der Waals surface area (Å²) in [6.45, 7) is 0. The number of nitrogens with zero attached hydrogens (tertiary/aromatic N) is 1. The molecule has 0 spiro atoms. The zero-order valence-corrected chi connectivity index (χ0v) is 6.29. The topological polar surface area (TPSA) is 54.7 Å². The van der Waals surface area contributed by atoms with Crippen LogP contribution in [0.1, 0.15) is 11.4 Å². The predicted molar refractivity (Wildman–Crippen MR) is 33.0 cm³/mol. The van der Waals surface area contributed by atoms with Crippen molar-refractivity contribution >= 4 is 5.69 Å². The Kier molecular flexibility index (Phi) is 2.13. The summed E-state index contributed by atoms with van der Waals surface area (Å²) in [5, 5.41) is 3.66. The molecule has 1 aromatic rings. The first-order valence-electron chi connectivity index (χ1n) is 3.12. The Labute approximate surface area is 72.9 Å². The molecule has 0 aliphatic carbocycles. The van der Waals surface area contributed by atoms with Gasteiger partial charge in [-0.25, -0.2) is 0 Å². The van der Waals surface area contributed by atoms with Crippen molar-refractivity contribution in [3.8, 4) is 0 Å². The summed E-state index contributed by atoms with van der Waals surface area (Å²) >= 11 is 0. The van der Waals surface area contributed by atoms with Crippen LogP contribution in [0.2, 0.25) is 0 Å². The van der Waals surface area contributed by atoms with Gasteiger partial charge in [0, 0.05) is 0 Å². The first kappa shape index (κ1) is 10.7. The molecule has 0 aliphatic rings. The number of aromatic amines is 1. The fourth-order valence-electron chi connectivity index (χ4n) is 0.783. The average molecular weight is 219 g/mol. The van der Waals surface area contributed by atoms with Crippen molar-refractivity contribution in [3.05, 3.63) is 11.4 Å². The molecule has 1 heterocycles. The molecule has 0 unspecified atom stereocenters. The SMILES string of the molecule is Nc1c(C(F)(F)F)n[nH]c1C(F)(F)F. The van der Waals surface area contributed by atoms with Gasteiger partial charge in [-0.05, 0) is 0 Å². The number of anilines is 1. The summed E-state index contributed by atoms with van der Waals surface area (Å²) in [7, 11) is 0. The van der Waals surface area contributed by atoms with Crippen LogP contribution in [0.3, 0.4) is 0 Å². The highest BCUT2D eigenvalue weighted by Crippen LogP contribution is 2.39. The van der Waals surface area contributed by atoms with E-state index < -0.39 is 29.4 Å². The van der Waals surface area contributed by atoms with Gasteiger partial charge in [-0.15, -0.1) is 0 Å². The zero-order valence-electron chi connectivity index (χ0n) is 6.29. The Morgan fingerprint density at radius 1 is 1.00 bits per heavy atom. The Balaban J connectivity index is 3.23. The third kappa shape index (κ3) is 1.75. The van der Waals surface area contributed by atoms with Gasteiger partial charge in [0.25, 0.3) is 0 Å². The van der Waals surface area contributed by atoms with Crippen LogP contribution < -0.4 is 5.73 Å². The third-order valence-electron chi connectivity index (χ3n) is 1.36. The largest absolute Gasteiger partial charge is 0.437 e. The maximum Gasteiger partial charge on any atom is 0.437 e. The molecule has 1 rings (SSSR count). The minimum Gasteiger partial charge on any atom is -0.395 e. The highest BCUT2D eigenvalue weighted by molar-refractivity contribution is 5.50. The molecule has 0 bridgehead atoms. The van der Waals surface area contributed by atoms with Crippen LogP contribution in [0.25, 0.3) is 0 Å². The van der Waals surface area contributed by atoms with Crippen molar-refractivity contribution in [3.63, 3.8) is 0 Å². The number of nitrogens with two attached hydrogens (primary N) is 1. The van der Waals surface area contributed by atoms with E-state index in [-0.39, 0.29) is 0 Å². The molecular formula is C5H3F6N3. The van der Waals surface area contributed by atoms with E-state index in [1.165, 1.54) is 5.10 Å². The van der Waals surface area contributed by atoms with Crippen molar-refractivity contribution in [2.24, 2.45) is 0 Å². The highest BCUT2D eigenvalue weighted by Gasteiger charge is 2.43. The molecule has 9 heteroatoms. The van der Waals surface area contributed by atoms with Gasteiger partial charge in [-0.3, -0.25) is 5.10 Å². The van der Waals surface area contributed by atoms with Crippen LogP contribution in [-0.2, 0) is 12.4 Å². The van der Waals surface area contributed by atoms with Crippen molar-refractivity contribution in [1.82, 2.24) is 10.2 Å². The molecule has 0 amide bonds. The van der Waals surface area contributed by atoms with Crippen LogP contribution in [0, 0.1) is 0 Å². The molecule has 0 radical (unpaired) electrons. The second kappa shape index (κ2) is 2.79. The van der Waals surface area contributed by atoms with Crippen LogP contribution >= 0.6 is 0 Å². The Morgan fingerprint density at radius 2 is 1.50 bits per heavy atom. The first-order chi connectivity index (χ1) is 6.14. The van der Waals surface area contributed by atoms with Crippen molar-refractivity contribution in [2.75, 3.05) is 5.73 Å². The Hall–Kier alpha value is -1.41. The second-order valence-corrected chi connectivity index (χ2v) is 2.36. The minimum absolute atomic E-state index is 1.20. The van der Waals surface area contributed by atoms with E-state index >= 15 is 0 Å². The zero-order chi connectivity index (χ0) is 11.1. The van der Waals surface area contributed by atoms with E-state index in [1.54, 1.807) is 0 Å². The van der Waals surface area contributed by atoms with E-state index in [4.69, 9.17) is 0 Å². The summed E-state index contributed by atoms with van der Waals surface area (Å²) in [6.07, 6.45) is -9.97. The van der Waals surface area contributed by atoms with E-state index in [9.17, 15) is 26.3 Å². The molecular weight excluding hydrogens is 216 g/mol. The van der Waals surface area contributed by atoms with E-state index in [0.29, 0.717) is 0 Å². The maximum absolute atomic E-state index is 11.9. The van der Waals surface area contributed by atoms with Gasteiger partial charge in [0.2, 0.25) is 0 Å². The fourth-order valence-corrected chi connectivity index (χ4v) is 0.783. The molecule has 0 atom stereocenters. The number of aromatic nitrogens is 2. The smallest absolute Gasteiger partial charge is 0.395 e. The molecule has 80 valence electrons. The number of nitrogens with one attached hydrogen (secondary N) is 1. The number of rotatable bonds is 0. The van der Waals surface area contributed by atoms with Crippen LogP contribution in [0.5, 0.6) is 0 Å². The van der Waals surface area contributed by atoms with Crippen molar-refractivity contribution < 1.29 is 26.3 Å². The van der Waals surface area contributed by atoms with Gasteiger partial charge < -0.3 is 5.73 Å². The van der Waals surface area contributed by atoms with E-state index in [1.807, 2.05) is 0 Å². The summed E-state index contributed by atoms with van der Waals surface area (Å²) < 4.78 is 71.6. The Bertz CT molecular complexity index is 303. The van der Waals surface area contributed by atoms with Gasteiger partial charge in [-0.2, -0.15) is 31.4 Å². The van der Waals surface area contributed by atoms with Gasteiger partial charge >= 0.3 is 12.4 Å². The van der Waals surface area contributed by atoms with E-state index in [2.05, 4.69) is 10.8 Å². The summed E-state index contributed by atoms with van der Waals surface area (Å²) in [5.41, 5.74) is -0.247. The number of H-pyrrole nitrogens is 1. The molecule has 0 aliphatic heterocycles. The molecule has 3 N–H and O–H groups in total. The molecule has 14 heavy (non-hydrogen) atoms. The first-order valence-corrected chi connectivity index (χ1v) is 3.12. The summed E-state index contributed by atoms with van der Waals surface area (Å²) in [4.78, 5) is 0. The number of hydrogen-bond acceptors (Lipinski definition) is 2.